The zero-order valence-corrected chi connectivity index (χ0v) is 10.1. The summed E-state index contributed by atoms with van der Waals surface area (Å²) in [6.45, 7) is -0.0564. The van der Waals surface area contributed by atoms with Crippen molar-refractivity contribution >= 4 is 26.8 Å². The van der Waals surface area contributed by atoms with Crippen LogP contribution in [0.4, 0.5) is 4.39 Å². The van der Waals surface area contributed by atoms with E-state index in [-0.39, 0.29) is 5.56 Å². The van der Waals surface area contributed by atoms with Crippen molar-refractivity contribution in [3.63, 3.8) is 0 Å². The highest BCUT2D eigenvalue weighted by molar-refractivity contribution is 9.10. The average molecular weight is 285 g/mol. The quantitative estimate of drug-likeness (QED) is 0.868. The zero-order chi connectivity index (χ0) is 11.5. The van der Waals surface area contributed by atoms with Gasteiger partial charge in [-0.3, -0.25) is 13.8 Å². The summed E-state index contributed by atoms with van der Waals surface area (Å²) in [4.78, 5) is 16.1. The number of alkyl halides is 1. The lowest BCUT2D eigenvalue weighted by atomic mass is 10.2. The Morgan fingerprint density at radius 3 is 3.00 bits per heavy atom. The summed E-state index contributed by atoms with van der Waals surface area (Å²) < 4.78 is 14.4. The maximum atomic E-state index is 12.0. The molecule has 16 heavy (non-hydrogen) atoms. The molecule has 0 fully saturated rings. The molecular weight excluding hydrogens is 275 g/mol. The lowest BCUT2D eigenvalue weighted by molar-refractivity contribution is 0.443. The maximum Gasteiger partial charge on any atom is 0.261 e. The molecule has 3 nitrogen and oxygen atoms in total. The van der Waals surface area contributed by atoms with Crippen molar-refractivity contribution < 1.29 is 4.39 Å². The molecule has 0 bridgehead atoms. The number of fused-ring (bicyclic) bond motifs is 1. The smallest absolute Gasteiger partial charge is 0.261 e. The summed E-state index contributed by atoms with van der Waals surface area (Å²) in [6, 6.07) is 5.31. The van der Waals surface area contributed by atoms with Crippen LogP contribution in [0.2, 0.25) is 0 Å². The molecule has 0 aliphatic carbocycles. The van der Waals surface area contributed by atoms with Gasteiger partial charge in [0, 0.05) is 11.0 Å². The number of nitrogens with zero attached hydrogens (tertiary/aromatic N) is 2. The van der Waals surface area contributed by atoms with Crippen molar-refractivity contribution in [2.24, 2.45) is 0 Å². The van der Waals surface area contributed by atoms with E-state index in [1.165, 1.54) is 10.9 Å². The highest BCUT2D eigenvalue weighted by Crippen LogP contribution is 2.14. The Morgan fingerprint density at radius 2 is 2.25 bits per heavy atom. The molecule has 0 N–H and O–H groups in total. The Bertz CT molecular complexity index is 567. The molecule has 0 aliphatic heterocycles. The lowest BCUT2D eigenvalue weighted by Gasteiger charge is -2.04. The van der Waals surface area contributed by atoms with Crippen LogP contribution in [0.15, 0.2) is 33.8 Å². The van der Waals surface area contributed by atoms with E-state index in [2.05, 4.69) is 20.9 Å². The minimum Gasteiger partial charge on any atom is -0.299 e. The minimum absolute atomic E-state index is 0.119. The van der Waals surface area contributed by atoms with E-state index in [1.54, 1.807) is 18.2 Å². The third-order valence-corrected chi connectivity index (χ3v) is 2.81. The predicted octanol–water partition coefficient (Wildman–Crippen LogP) is 2.52. The second-order valence-corrected chi connectivity index (χ2v) is 4.36. The first kappa shape index (κ1) is 11.3. The van der Waals surface area contributed by atoms with Crippen LogP contribution < -0.4 is 5.56 Å². The van der Waals surface area contributed by atoms with Gasteiger partial charge in [-0.15, -0.1) is 0 Å². The first-order chi connectivity index (χ1) is 7.72. The summed E-state index contributed by atoms with van der Waals surface area (Å²) in [5.74, 6) is 0. The van der Waals surface area contributed by atoms with Crippen LogP contribution in [0.25, 0.3) is 10.9 Å². The normalized spacial score (nSPS) is 10.9. The van der Waals surface area contributed by atoms with Gasteiger partial charge in [0.15, 0.2) is 0 Å². The fourth-order valence-electron chi connectivity index (χ4n) is 1.52. The van der Waals surface area contributed by atoms with Gasteiger partial charge in [-0.1, -0.05) is 15.9 Å². The number of rotatable bonds is 3. The monoisotopic (exact) mass is 284 g/mol. The van der Waals surface area contributed by atoms with Crippen molar-refractivity contribution in [1.82, 2.24) is 9.55 Å². The van der Waals surface area contributed by atoms with Crippen LogP contribution in [0.3, 0.4) is 0 Å². The van der Waals surface area contributed by atoms with Crippen LogP contribution in [0.5, 0.6) is 0 Å². The number of hydrogen-bond donors (Lipinski definition) is 0. The lowest BCUT2D eigenvalue weighted by Crippen LogP contribution is -2.20. The van der Waals surface area contributed by atoms with Gasteiger partial charge in [0.1, 0.15) is 0 Å². The molecular formula is C11H10BrFN2O. The van der Waals surface area contributed by atoms with Crippen molar-refractivity contribution in [2.45, 2.75) is 13.0 Å². The highest BCUT2D eigenvalue weighted by atomic mass is 79.9. The summed E-state index contributed by atoms with van der Waals surface area (Å²) in [7, 11) is 0. The molecule has 0 amide bonds. The molecule has 0 atom stereocenters. The fraction of sp³-hybridized carbons (Fsp3) is 0.273. The topological polar surface area (TPSA) is 34.9 Å². The molecule has 1 heterocycles. The van der Waals surface area contributed by atoms with Crippen LogP contribution in [-0.4, -0.2) is 16.2 Å². The van der Waals surface area contributed by atoms with Gasteiger partial charge in [0.05, 0.1) is 23.9 Å². The summed E-state index contributed by atoms with van der Waals surface area (Å²) in [5, 5.41) is 0.560. The zero-order valence-electron chi connectivity index (χ0n) is 8.49. The van der Waals surface area contributed by atoms with E-state index in [1.807, 2.05) is 0 Å². The van der Waals surface area contributed by atoms with Crippen molar-refractivity contribution in [1.29, 1.82) is 0 Å². The summed E-state index contributed by atoms with van der Waals surface area (Å²) in [6.07, 6.45) is 1.80. The molecule has 0 spiro atoms. The van der Waals surface area contributed by atoms with E-state index >= 15 is 0 Å². The maximum absolute atomic E-state index is 12.0. The summed E-state index contributed by atoms with van der Waals surface area (Å²) in [5.41, 5.74) is 0.529. The number of benzene rings is 1. The number of hydrogen-bond acceptors (Lipinski definition) is 2. The van der Waals surface area contributed by atoms with Gasteiger partial charge in [-0.25, -0.2) is 4.98 Å². The molecule has 2 aromatic rings. The van der Waals surface area contributed by atoms with E-state index < -0.39 is 6.67 Å². The largest absolute Gasteiger partial charge is 0.299 e. The number of halogens is 2. The third kappa shape index (κ3) is 2.14. The summed E-state index contributed by atoms with van der Waals surface area (Å²) >= 11 is 3.32. The molecule has 0 radical (unpaired) electrons. The van der Waals surface area contributed by atoms with Gasteiger partial charge in [-0.05, 0) is 24.6 Å². The Labute approximate surface area is 100 Å². The molecule has 84 valence electrons. The molecule has 1 aromatic heterocycles. The third-order valence-electron chi connectivity index (χ3n) is 2.32. The van der Waals surface area contributed by atoms with Crippen LogP contribution in [0.1, 0.15) is 6.42 Å². The number of aromatic nitrogens is 2. The van der Waals surface area contributed by atoms with E-state index in [0.717, 1.165) is 4.47 Å². The molecule has 0 unspecified atom stereocenters. The van der Waals surface area contributed by atoms with Gasteiger partial charge >= 0.3 is 0 Å². The Hall–Kier alpha value is -1.23. The Morgan fingerprint density at radius 1 is 1.44 bits per heavy atom. The Kier molecular flexibility index (Phi) is 3.33. The van der Waals surface area contributed by atoms with Crippen LogP contribution in [-0.2, 0) is 6.54 Å². The van der Waals surface area contributed by atoms with Crippen molar-refractivity contribution in [3.05, 3.63) is 39.4 Å². The van der Waals surface area contributed by atoms with Crippen LogP contribution >= 0.6 is 15.9 Å². The highest BCUT2D eigenvalue weighted by Gasteiger charge is 2.03. The first-order valence-electron chi connectivity index (χ1n) is 4.93. The fourth-order valence-corrected chi connectivity index (χ4v) is 1.87. The molecule has 0 aliphatic rings. The molecule has 0 saturated carbocycles. The Balaban J connectivity index is 2.53. The van der Waals surface area contributed by atoms with Gasteiger partial charge in [0.2, 0.25) is 0 Å². The minimum atomic E-state index is -0.426. The predicted molar refractivity (Wildman–Crippen MR) is 64.3 cm³/mol. The van der Waals surface area contributed by atoms with Gasteiger partial charge < -0.3 is 0 Å². The number of aryl methyl sites for hydroxylation is 1. The average Bonchev–Trinajstić information content (AvgIpc) is 2.28. The van der Waals surface area contributed by atoms with E-state index in [4.69, 9.17) is 0 Å². The van der Waals surface area contributed by atoms with Gasteiger partial charge in [-0.2, -0.15) is 0 Å². The second kappa shape index (κ2) is 4.74. The van der Waals surface area contributed by atoms with Crippen molar-refractivity contribution in [3.8, 4) is 0 Å². The van der Waals surface area contributed by atoms with Crippen molar-refractivity contribution in [2.75, 3.05) is 6.67 Å². The molecule has 0 saturated heterocycles. The van der Waals surface area contributed by atoms with E-state index in [9.17, 15) is 9.18 Å². The second-order valence-electron chi connectivity index (χ2n) is 3.45. The molecule has 2 rings (SSSR count). The SMILES string of the molecule is O=c1c2ccc(Br)cc2ncn1CCCF. The molecule has 5 heteroatoms. The standard InChI is InChI=1S/C11H10BrFN2O/c12-8-2-3-9-10(6-8)14-7-15(11(9)16)5-1-4-13/h2-3,6-7H,1,4-5H2. The van der Waals surface area contributed by atoms with Gasteiger partial charge in [0.25, 0.3) is 5.56 Å². The first-order valence-corrected chi connectivity index (χ1v) is 5.72. The van der Waals surface area contributed by atoms with Crippen LogP contribution in [0, 0.1) is 0 Å². The molecule has 1 aromatic carbocycles. The van der Waals surface area contributed by atoms with E-state index in [0.29, 0.717) is 23.9 Å².